The zero-order chi connectivity index (χ0) is 8.27. The fourth-order valence-corrected chi connectivity index (χ4v) is 0.866. The van der Waals surface area contributed by atoms with Crippen molar-refractivity contribution in [1.82, 2.24) is 0 Å². The van der Waals surface area contributed by atoms with E-state index in [2.05, 4.69) is 0 Å². The highest BCUT2D eigenvalue weighted by Crippen LogP contribution is 2.14. The Hall–Kier alpha value is -1.03. The molecule has 0 saturated heterocycles. The van der Waals surface area contributed by atoms with E-state index in [4.69, 9.17) is 15.2 Å². The Bertz CT molecular complexity index is 179. The second-order valence-corrected chi connectivity index (χ2v) is 2.21. The number of hydrogen-bond acceptors (Lipinski definition) is 4. The molecule has 0 aliphatic carbocycles. The predicted octanol–water partition coefficient (Wildman–Crippen LogP) is -0.00560. The smallest absolute Gasteiger partial charge is 0.318 e. The minimum Gasteiger partial charge on any atom is -0.482 e. The van der Waals surface area contributed by atoms with Gasteiger partial charge in [-0.15, -0.1) is 0 Å². The fraction of sp³-hybridized carbons (Fsp3) is 0.571. The highest BCUT2D eigenvalue weighted by molar-refractivity contribution is 5.75. The highest BCUT2D eigenvalue weighted by atomic mass is 16.5. The highest BCUT2D eigenvalue weighted by Gasteiger charge is 2.28. The van der Waals surface area contributed by atoms with Gasteiger partial charge < -0.3 is 9.47 Å². The fourth-order valence-electron chi connectivity index (χ4n) is 0.866. The molecule has 2 unspecified atom stereocenters. The molecule has 0 amide bonds. The van der Waals surface area contributed by atoms with Crippen LogP contribution in [0.2, 0.25) is 0 Å². The van der Waals surface area contributed by atoms with Crippen molar-refractivity contribution in [2.24, 2.45) is 11.7 Å². The van der Waals surface area contributed by atoms with Crippen molar-refractivity contribution in [2.45, 2.75) is 13.2 Å². The average molecular weight is 157 g/mol. The van der Waals surface area contributed by atoms with E-state index in [1.165, 1.54) is 6.26 Å². The van der Waals surface area contributed by atoms with Crippen molar-refractivity contribution in [2.75, 3.05) is 6.61 Å². The van der Waals surface area contributed by atoms with E-state index in [9.17, 15) is 4.79 Å². The number of nitrogens with two attached hydrogens (primary N) is 1. The van der Waals surface area contributed by atoms with Crippen LogP contribution in [-0.2, 0) is 14.3 Å². The van der Waals surface area contributed by atoms with Crippen molar-refractivity contribution in [3.63, 3.8) is 0 Å². The van der Waals surface area contributed by atoms with Gasteiger partial charge >= 0.3 is 5.97 Å². The summed E-state index contributed by atoms with van der Waals surface area (Å²) in [6.07, 6.45) is 2.45. The SMILES string of the molecule is CCOC(=O)C1C=COC1N. The van der Waals surface area contributed by atoms with E-state index >= 15 is 0 Å². The third-order valence-electron chi connectivity index (χ3n) is 1.43. The summed E-state index contributed by atoms with van der Waals surface area (Å²) in [7, 11) is 0. The van der Waals surface area contributed by atoms with Crippen LogP contribution in [0.15, 0.2) is 12.3 Å². The van der Waals surface area contributed by atoms with Gasteiger partial charge in [0.05, 0.1) is 12.9 Å². The number of hydrogen-bond donors (Lipinski definition) is 1. The molecular weight excluding hydrogens is 146 g/mol. The van der Waals surface area contributed by atoms with Gasteiger partial charge in [0.2, 0.25) is 0 Å². The van der Waals surface area contributed by atoms with Crippen LogP contribution in [0, 0.1) is 5.92 Å². The second kappa shape index (κ2) is 3.39. The summed E-state index contributed by atoms with van der Waals surface area (Å²) >= 11 is 0. The molecule has 11 heavy (non-hydrogen) atoms. The van der Waals surface area contributed by atoms with Crippen molar-refractivity contribution >= 4 is 5.97 Å². The molecule has 0 fully saturated rings. The molecule has 1 rings (SSSR count). The molecule has 2 atom stereocenters. The van der Waals surface area contributed by atoms with Gasteiger partial charge in [-0.05, 0) is 13.0 Å². The monoisotopic (exact) mass is 157 g/mol. The summed E-state index contributed by atoms with van der Waals surface area (Å²) in [5.74, 6) is -0.760. The summed E-state index contributed by atoms with van der Waals surface area (Å²) < 4.78 is 9.58. The molecule has 4 nitrogen and oxygen atoms in total. The first-order valence-electron chi connectivity index (χ1n) is 3.50. The maximum atomic E-state index is 11.0. The van der Waals surface area contributed by atoms with E-state index in [0.29, 0.717) is 6.61 Å². The standard InChI is InChI=1S/C7H11NO3/c1-2-10-7(9)5-3-4-11-6(5)8/h3-6H,2,8H2,1H3. The van der Waals surface area contributed by atoms with Crippen LogP contribution in [0.3, 0.4) is 0 Å². The third-order valence-corrected chi connectivity index (χ3v) is 1.43. The first-order chi connectivity index (χ1) is 5.25. The van der Waals surface area contributed by atoms with Crippen molar-refractivity contribution < 1.29 is 14.3 Å². The normalized spacial score (nSPS) is 28.2. The molecule has 0 aromatic carbocycles. The molecule has 0 aromatic rings. The van der Waals surface area contributed by atoms with E-state index in [1.54, 1.807) is 13.0 Å². The zero-order valence-corrected chi connectivity index (χ0v) is 6.32. The van der Waals surface area contributed by atoms with Crippen molar-refractivity contribution in [3.05, 3.63) is 12.3 Å². The molecule has 0 spiro atoms. The first kappa shape index (κ1) is 8.07. The zero-order valence-electron chi connectivity index (χ0n) is 6.32. The molecule has 4 heteroatoms. The van der Waals surface area contributed by atoms with E-state index in [0.717, 1.165) is 0 Å². The molecule has 2 N–H and O–H groups in total. The molecule has 0 aromatic heterocycles. The van der Waals surface area contributed by atoms with Crippen LogP contribution < -0.4 is 5.73 Å². The molecule has 1 aliphatic rings. The minimum atomic E-state index is -0.575. The second-order valence-electron chi connectivity index (χ2n) is 2.21. The van der Waals surface area contributed by atoms with Crippen molar-refractivity contribution in [1.29, 1.82) is 0 Å². The predicted molar refractivity (Wildman–Crippen MR) is 38.3 cm³/mol. The lowest BCUT2D eigenvalue weighted by atomic mass is 10.1. The number of ether oxygens (including phenoxy) is 2. The maximum absolute atomic E-state index is 11.0. The molecule has 0 saturated carbocycles. The van der Waals surface area contributed by atoms with Crippen LogP contribution in [0.1, 0.15) is 6.92 Å². The number of carbonyl (C=O) groups is 1. The lowest BCUT2D eigenvalue weighted by Crippen LogP contribution is -2.33. The van der Waals surface area contributed by atoms with Crippen LogP contribution in [0.5, 0.6) is 0 Å². The first-order valence-corrected chi connectivity index (χ1v) is 3.50. The lowest BCUT2D eigenvalue weighted by molar-refractivity contribution is -0.148. The molecule has 62 valence electrons. The van der Waals surface area contributed by atoms with Crippen LogP contribution in [-0.4, -0.2) is 18.8 Å². The third kappa shape index (κ3) is 1.71. The molecular formula is C7H11NO3. The summed E-state index contributed by atoms with van der Waals surface area (Å²) in [5.41, 5.74) is 5.42. The average Bonchev–Trinajstić information content (AvgIpc) is 2.36. The largest absolute Gasteiger partial charge is 0.482 e. The minimum absolute atomic E-state index is 0.325. The van der Waals surface area contributed by atoms with Gasteiger partial charge in [-0.25, -0.2) is 0 Å². The molecule has 1 aliphatic heterocycles. The Morgan fingerprint density at radius 3 is 3.00 bits per heavy atom. The van der Waals surface area contributed by atoms with Gasteiger partial charge in [0.15, 0.2) is 6.23 Å². The lowest BCUT2D eigenvalue weighted by Gasteiger charge is -2.11. The molecule has 0 radical (unpaired) electrons. The van der Waals surface area contributed by atoms with E-state index < -0.39 is 12.1 Å². The quantitative estimate of drug-likeness (QED) is 0.573. The summed E-state index contributed by atoms with van der Waals surface area (Å²) in [4.78, 5) is 11.0. The Kier molecular flexibility index (Phi) is 2.48. The van der Waals surface area contributed by atoms with Crippen LogP contribution >= 0.6 is 0 Å². The van der Waals surface area contributed by atoms with Gasteiger partial charge in [0.1, 0.15) is 5.92 Å². The Morgan fingerprint density at radius 2 is 2.55 bits per heavy atom. The van der Waals surface area contributed by atoms with E-state index in [1.807, 2.05) is 0 Å². The van der Waals surface area contributed by atoms with Crippen LogP contribution in [0.25, 0.3) is 0 Å². The number of rotatable bonds is 2. The van der Waals surface area contributed by atoms with Gasteiger partial charge in [0.25, 0.3) is 0 Å². The van der Waals surface area contributed by atoms with E-state index in [-0.39, 0.29) is 5.97 Å². The molecule has 1 heterocycles. The summed E-state index contributed by atoms with van der Waals surface area (Å²) in [6.45, 7) is 2.12. The topological polar surface area (TPSA) is 61.5 Å². The van der Waals surface area contributed by atoms with Gasteiger partial charge in [-0.3, -0.25) is 10.5 Å². The maximum Gasteiger partial charge on any atom is 0.318 e. The number of carbonyl (C=O) groups excluding carboxylic acids is 1. The van der Waals surface area contributed by atoms with Gasteiger partial charge in [-0.1, -0.05) is 0 Å². The van der Waals surface area contributed by atoms with Crippen molar-refractivity contribution in [3.8, 4) is 0 Å². The van der Waals surface area contributed by atoms with Gasteiger partial charge in [0, 0.05) is 0 Å². The summed E-state index contributed by atoms with van der Waals surface area (Å²) in [5, 5.41) is 0. The van der Waals surface area contributed by atoms with Crippen LogP contribution in [0.4, 0.5) is 0 Å². The number of esters is 1. The summed E-state index contributed by atoms with van der Waals surface area (Å²) in [6, 6.07) is 0. The van der Waals surface area contributed by atoms with Gasteiger partial charge in [-0.2, -0.15) is 0 Å². The molecule has 0 bridgehead atoms. The Morgan fingerprint density at radius 1 is 1.82 bits per heavy atom. The Labute approximate surface area is 65.0 Å². The Balaban J connectivity index is 2.46.